The van der Waals surface area contributed by atoms with E-state index in [0.29, 0.717) is 12.8 Å². The number of hydrogen-bond donors (Lipinski definition) is 2. The molecular weight excluding hydrogens is 354 g/mol. The predicted octanol–water partition coefficient (Wildman–Crippen LogP) is 0.339. The standard InChI is InChI=1S/C14H17N3O7S/c18-13(19)6-7-15-14(20)12-5-2-8-16(12)25(23,24)11-4-1-3-10(9-11)17(21)22/h1,3-4,9,12H,2,5-8H2,(H,15,20)(H,18,19). The van der Waals surface area contributed by atoms with Gasteiger partial charge in [0.15, 0.2) is 0 Å². The van der Waals surface area contributed by atoms with Gasteiger partial charge in [0.25, 0.3) is 5.69 Å². The molecule has 0 aliphatic carbocycles. The van der Waals surface area contributed by atoms with Crippen molar-refractivity contribution < 1.29 is 28.0 Å². The second kappa shape index (κ2) is 7.57. The number of rotatable bonds is 7. The Kier molecular flexibility index (Phi) is 5.69. The fraction of sp³-hybridized carbons (Fsp3) is 0.429. The Morgan fingerprint density at radius 2 is 2.12 bits per heavy atom. The van der Waals surface area contributed by atoms with Gasteiger partial charge >= 0.3 is 5.97 Å². The van der Waals surface area contributed by atoms with Crippen molar-refractivity contribution in [1.29, 1.82) is 0 Å². The van der Waals surface area contributed by atoms with Crippen LogP contribution in [0.15, 0.2) is 29.2 Å². The molecule has 1 aromatic carbocycles. The van der Waals surface area contributed by atoms with Gasteiger partial charge in [-0.1, -0.05) is 6.07 Å². The van der Waals surface area contributed by atoms with Crippen LogP contribution in [0.1, 0.15) is 19.3 Å². The highest BCUT2D eigenvalue weighted by atomic mass is 32.2. The third-order valence-electron chi connectivity index (χ3n) is 3.78. The summed E-state index contributed by atoms with van der Waals surface area (Å²) in [6, 6.07) is 3.67. The molecule has 0 aromatic heterocycles. The fourth-order valence-electron chi connectivity index (χ4n) is 2.59. The molecule has 1 aliphatic rings. The minimum atomic E-state index is -4.08. The average Bonchev–Trinajstić information content (AvgIpc) is 3.05. The topological polar surface area (TPSA) is 147 Å². The SMILES string of the molecule is O=C(O)CCNC(=O)C1CCCN1S(=O)(=O)c1cccc([N+](=O)[O-])c1. The Labute approximate surface area is 143 Å². The third-order valence-corrected chi connectivity index (χ3v) is 5.68. The number of nitrogens with one attached hydrogen (secondary N) is 1. The van der Waals surface area contributed by atoms with Gasteiger partial charge in [-0.3, -0.25) is 19.7 Å². The molecule has 11 heteroatoms. The third kappa shape index (κ3) is 4.31. The van der Waals surface area contributed by atoms with Crippen molar-refractivity contribution in [2.45, 2.75) is 30.2 Å². The van der Waals surface area contributed by atoms with Crippen LogP contribution in [0.2, 0.25) is 0 Å². The number of nitrogens with zero attached hydrogens (tertiary/aromatic N) is 2. The van der Waals surface area contributed by atoms with Crippen LogP contribution in [0, 0.1) is 10.1 Å². The van der Waals surface area contributed by atoms with Gasteiger partial charge < -0.3 is 10.4 Å². The Bertz CT molecular complexity index is 793. The molecular formula is C14H17N3O7S. The summed E-state index contributed by atoms with van der Waals surface area (Å²) >= 11 is 0. The highest BCUT2D eigenvalue weighted by molar-refractivity contribution is 7.89. The van der Waals surface area contributed by atoms with Crippen LogP contribution in [0.25, 0.3) is 0 Å². The zero-order valence-corrected chi connectivity index (χ0v) is 13.9. The van der Waals surface area contributed by atoms with Crippen LogP contribution in [0.4, 0.5) is 5.69 Å². The number of aliphatic carboxylic acids is 1. The highest BCUT2D eigenvalue weighted by Crippen LogP contribution is 2.28. The summed E-state index contributed by atoms with van der Waals surface area (Å²) in [5.41, 5.74) is -0.359. The van der Waals surface area contributed by atoms with E-state index in [1.807, 2.05) is 0 Å². The number of carboxylic acid groups (broad SMARTS) is 1. The van der Waals surface area contributed by atoms with Crippen molar-refractivity contribution in [3.63, 3.8) is 0 Å². The first-order chi connectivity index (χ1) is 11.7. The van der Waals surface area contributed by atoms with Crippen molar-refractivity contribution >= 4 is 27.6 Å². The molecule has 0 saturated carbocycles. The fourth-order valence-corrected chi connectivity index (χ4v) is 4.29. The molecule has 0 spiro atoms. The average molecular weight is 371 g/mol. The van der Waals surface area contributed by atoms with Gasteiger partial charge in [0.2, 0.25) is 15.9 Å². The number of carboxylic acids is 1. The molecule has 1 unspecified atom stereocenters. The van der Waals surface area contributed by atoms with Crippen LogP contribution < -0.4 is 5.32 Å². The lowest BCUT2D eigenvalue weighted by molar-refractivity contribution is -0.385. The lowest BCUT2D eigenvalue weighted by Gasteiger charge is -2.23. The quantitative estimate of drug-likeness (QED) is 0.519. The second-order valence-corrected chi connectivity index (χ2v) is 7.35. The molecule has 2 rings (SSSR count). The summed E-state index contributed by atoms with van der Waals surface area (Å²) in [6.07, 6.45) is 0.494. The Hall–Kier alpha value is -2.53. The molecule has 1 aliphatic heterocycles. The van der Waals surface area contributed by atoms with Gasteiger partial charge in [-0.05, 0) is 18.9 Å². The van der Waals surface area contributed by atoms with Crippen LogP contribution in [-0.2, 0) is 19.6 Å². The number of carbonyl (C=O) groups excluding carboxylic acids is 1. The molecule has 136 valence electrons. The van der Waals surface area contributed by atoms with Crippen molar-refractivity contribution in [2.75, 3.05) is 13.1 Å². The first-order valence-corrected chi connectivity index (χ1v) is 8.93. The molecule has 1 aromatic rings. The summed E-state index contributed by atoms with van der Waals surface area (Å²) in [4.78, 5) is 32.5. The van der Waals surface area contributed by atoms with E-state index in [9.17, 15) is 28.1 Å². The number of hydrogen-bond acceptors (Lipinski definition) is 6. The van der Waals surface area contributed by atoms with Gasteiger partial charge in [-0.25, -0.2) is 8.42 Å². The monoisotopic (exact) mass is 371 g/mol. The largest absolute Gasteiger partial charge is 0.481 e. The number of sulfonamides is 1. The zero-order valence-electron chi connectivity index (χ0n) is 13.1. The molecule has 1 heterocycles. The molecule has 25 heavy (non-hydrogen) atoms. The minimum Gasteiger partial charge on any atom is -0.481 e. The summed E-state index contributed by atoms with van der Waals surface area (Å²) in [5.74, 6) is -1.65. The van der Waals surface area contributed by atoms with E-state index >= 15 is 0 Å². The number of nitro benzene ring substituents is 1. The van der Waals surface area contributed by atoms with Crippen LogP contribution in [0.3, 0.4) is 0 Å². The first kappa shape index (κ1) is 18.8. The van der Waals surface area contributed by atoms with E-state index in [-0.39, 0.29) is 30.1 Å². The van der Waals surface area contributed by atoms with Gasteiger partial charge in [0.05, 0.1) is 16.2 Å². The van der Waals surface area contributed by atoms with Crippen molar-refractivity contribution in [1.82, 2.24) is 9.62 Å². The summed E-state index contributed by atoms with van der Waals surface area (Å²) in [6.45, 7) is 0.0113. The molecule has 0 bridgehead atoms. The molecule has 1 amide bonds. The van der Waals surface area contributed by atoms with Crippen molar-refractivity contribution in [2.24, 2.45) is 0 Å². The van der Waals surface area contributed by atoms with E-state index in [0.717, 1.165) is 10.4 Å². The lowest BCUT2D eigenvalue weighted by Crippen LogP contribution is -2.46. The van der Waals surface area contributed by atoms with Gasteiger partial charge in [0, 0.05) is 25.2 Å². The van der Waals surface area contributed by atoms with Crippen LogP contribution in [0.5, 0.6) is 0 Å². The molecule has 10 nitrogen and oxygen atoms in total. The molecule has 1 fully saturated rings. The number of amides is 1. The lowest BCUT2D eigenvalue weighted by atomic mass is 10.2. The molecule has 1 saturated heterocycles. The Morgan fingerprint density at radius 1 is 1.40 bits per heavy atom. The summed E-state index contributed by atoms with van der Waals surface area (Å²) < 4.78 is 26.5. The van der Waals surface area contributed by atoms with E-state index < -0.39 is 32.9 Å². The van der Waals surface area contributed by atoms with Gasteiger partial charge in [-0.15, -0.1) is 0 Å². The maximum atomic E-state index is 12.7. The van der Waals surface area contributed by atoms with Crippen molar-refractivity contribution in [3.05, 3.63) is 34.4 Å². The second-order valence-electron chi connectivity index (χ2n) is 5.46. The summed E-state index contributed by atoms with van der Waals surface area (Å²) in [7, 11) is -4.08. The Morgan fingerprint density at radius 3 is 2.76 bits per heavy atom. The smallest absolute Gasteiger partial charge is 0.305 e. The first-order valence-electron chi connectivity index (χ1n) is 7.49. The highest BCUT2D eigenvalue weighted by Gasteiger charge is 2.39. The maximum absolute atomic E-state index is 12.7. The molecule has 2 N–H and O–H groups in total. The number of non-ortho nitro benzene ring substituents is 1. The van der Waals surface area contributed by atoms with Crippen LogP contribution >= 0.6 is 0 Å². The minimum absolute atomic E-state index is 0.102. The van der Waals surface area contributed by atoms with E-state index in [4.69, 9.17) is 5.11 Å². The van der Waals surface area contributed by atoms with Crippen LogP contribution in [-0.4, -0.2) is 53.8 Å². The number of nitro groups is 1. The number of benzene rings is 1. The van der Waals surface area contributed by atoms with Crippen molar-refractivity contribution in [3.8, 4) is 0 Å². The van der Waals surface area contributed by atoms with Gasteiger partial charge in [-0.2, -0.15) is 4.31 Å². The normalized spacial score (nSPS) is 18.0. The van der Waals surface area contributed by atoms with Gasteiger partial charge in [0.1, 0.15) is 6.04 Å². The maximum Gasteiger partial charge on any atom is 0.305 e. The van der Waals surface area contributed by atoms with E-state index in [1.54, 1.807) is 0 Å². The Balaban J connectivity index is 2.20. The zero-order chi connectivity index (χ0) is 18.6. The molecule has 0 radical (unpaired) electrons. The number of carbonyl (C=O) groups is 2. The van der Waals surface area contributed by atoms with E-state index in [1.165, 1.54) is 18.2 Å². The van der Waals surface area contributed by atoms with E-state index in [2.05, 4.69) is 5.32 Å². The molecule has 1 atom stereocenters. The predicted molar refractivity (Wildman–Crippen MR) is 85.3 cm³/mol. The summed E-state index contributed by atoms with van der Waals surface area (Å²) in [5, 5.41) is 21.8.